The first kappa shape index (κ1) is 18.3. The zero-order valence-corrected chi connectivity index (χ0v) is 14.3. The van der Waals surface area contributed by atoms with Gasteiger partial charge in [0.15, 0.2) is 0 Å². The second-order valence-electron chi connectivity index (χ2n) is 5.60. The molecule has 0 atom stereocenters. The van der Waals surface area contributed by atoms with Crippen molar-refractivity contribution in [2.75, 3.05) is 5.32 Å². The average molecular weight is 369 g/mol. The van der Waals surface area contributed by atoms with Crippen molar-refractivity contribution in [1.29, 1.82) is 0 Å². The second-order valence-corrected chi connectivity index (χ2v) is 5.60. The summed E-state index contributed by atoms with van der Waals surface area (Å²) < 4.78 is 31.1. The number of aromatic nitrogens is 2. The molecule has 1 N–H and O–H groups in total. The smallest absolute Gasteiger partial charge is 0.387 e. The molecule has 0 aliphatic rings. The van der Waals surface area contributed by atoms with Crippen molar-refractivity contribution in [1.82, 2.24) is 9.78 Å². The molecule has 0 saturated heterocycles. The van der Waals surface area contributed by atoms with E-state index in [-0.39, 0.29) is 11.7 Å². The molecule has 2 aromatic carbocycles. The van der Waals surface area contributed by atoms with Crippen LogP contribution in [0.15, 0.2) is 73.1 Å². The first-order valence-corrected chi connectivity index (χ1v) is 8.20. The number of rotatable bonds is 7. The molecule has 1 amide bonds. The Labute approximate surface area is 154 Å². The minimum atomic E-state index is -2.93. The summed E-state index contributed by atoms with van der Waals surface area (Å²) >= 11 is 0. The van der Waals surface area contributed by atoms with Gasteiger partial charge < -0.3 is 10.1 Å². The van der Waals surface area contributed by atoms with Crippen LogP contribution in [0.25, 0.3) is 6.08 Å². The number of nitrogens with one attached hydrogen (secondary N) is 1. The van der Waals surface area contributed by atoms with Crippen molar-refractivity contribution in [3.63, 3.8) is 0 Å². The van der Waals surface area contributed by atoms with E-state index in [1.807, 2.05) is 30.5 Å². The molecular weight excluding hydrogens is 352 g/mol. The van der Waals surface area contributed by atoms with Crippen molar-refractivity contribution < 1.29 is 18.3 Å². The van der Waals surface area contributed by atoms with Crippen LogP contribution in [0.1, 0.15) is 11.1 Å². The van der Waals surface area contributed by atoms with Gasteiger partial charge in [0.2, 0.25) is 5.91 Å². The molecule has 3 rings (SSSR count). The number of carbonyl (C=O) groups excluding carboxylic acids is 1. The summed E-state index contributed by atoms with van der Waals surface area (Å²) in [5, 5.41) is 6.95. The molecule has 0 radical (unpaired) electrons. The van der Waals surface area contributed by atoms with Gasteiger partial charge in [-0.15, -0.1) is 0 Å². The van der Waals surface area contributed by atoms with E-state index in [0.717, 1.165) is 5.56 Å². The molecule has 0 fully saturated rings. The number of alkyl halides is 2. The highest BCUT2D eigenvalue weighted by molar-refractivity contribution is 6.02. The largest absolute Gasteiger partial charge is 0.434 e. The Morgan fingerprint density at radius 3 is 2.70 bits per heavy atom. The fourth-order valence-electron chi connectivity index (χ4n) is 2.51. The van der Waals surface area contributed by atoms with Gasteiger partial charge in [0.1, 0.15) is 5.75 Å². The van der Waals surface area contributed by atoms with Gasteiger partial charge in [-0.05, 0) is 29.8 Å². The number of halogens is 2. The van der Waals surface area contributed by atoms with Crippen LogP contribution in [-0.2, 0) is 11.3 Å². The lowest BCUT2D eigenvalue weighted by atomic mass is 10.1. The standard InChI is InChI=1S/C20H17F2N3O2/c21-20(22)27-18-9-4-2-6-15(18)10-11-19(26)24-17-8-3-1-7-16(17)14-25-13-5-12-23-25/h1-13,20H,14H2,(H,24,26)/b11-10-. The number of nitrogens with zero attached hydrogens (tertiary/aromatic N) is 2. The molecule has 0 bridgehead atoms. The zero-order chi connectivity index (χ0) is 19.1. The predicted octanol–water partition coefficient (Wildman–Crippen LogP) is 4.18. The van der Waals surface area contributed by atoms with Crippen LogP contribution >= 0.6 is 0 Å². The lowest BCUT2D eigenvalue weighted by Crippen LogP contribution is -2.11. The molecule has 3 aromatic rings. The second kappa shape index (κ2) is 8.75. The van der Waals surface area contributed by atoms with Gasteiger partial charge >= 0.3 is 6.61 Å². The van der Waals surface area contributed by atoms with Crippen LogP contribution in [-0.4, -0.2) is 22.3 Å². The maximum Gasteiger partial charge on any atom is 0.387 e. The number of anilines is 1. The molecule has 7 heteroatoms. The highest BCUT2D eigenvalue weighted by Crippen LogP contribution is 2.22. The van der Waals surface area contributed by atoms with E-state index in [1.54, 1.807) is 35.1 Å². The number of benzene rings is 2. The Morgan fingerprint density at radius 2 is 1.93 bits per heavy atom. The molecule has 0 aliphatic carbocycles. The van der Waals surface area contributed by atoms with E-state index in [0.29, 0.717) is 17.8 Å². The molecule has 138 valence electrons. The van der Waals surface area contributed by atoms with Crippen LogP contribution in [0, 0.1) is 0 Å². The maximum atomic E-state index is 12.5. The van der Waals surface area contributed by atoms with Crippen molar-refractivity contribution in [3.8, 4) is 5.75 Å². The van der Waals surface area contributed by atoms with Crippen LogP contribution in [0.4, 0.5) is 14.5 Å². The summed E-state index contributed by atoms with van der Waals surface area (Å²) in [6.07, 6.45) is 6.23. The number of amides is 1. The summed E-state index contributed by atoms with van der Waals surface area (Å²) in [7, 11) is 0. The Bertz CT molecular complexity index is 924. The van der Waals surface area contributed by atoms with Gasteiger partial charge in [-0.2, -0.15) is 13.9 Å². The number of para-hydroxylation sites is 2. The van der Waals surface area contributed by atoms with Gasteiger partial charge in [-0.3, -0.25) is 9.48 Å². The van der Waals surface area contributed by atoms with Gasteiger partial charge in [-0.25, -0.2) is 0 Å². The van der Waals surface area contributed by atoms with E-state index >= 15 is 0 Å². The average Bonchev–Trinajstić information content (AvgIpc) is 3.15. The number of hydrogen-bond acceptors (Lipinski definition) is 3. The minimum absolute atomic E-state index is 0.00984. The fraction of sp³-hybridized carbons (Fsp3) is 0.100. The molecule has 0 unspecified atom stereocenters. The third-order valence-corrected chi connectivity index (χ3v) is 3.72. The Kier molecular flexibility index (Phi) is 5.94. The fourth-order valence-corrected chi connectivity index (χ4v) is 2.51. The quantitative estimate of drug-likeness (QED) is 0.636. The van der Waals surface area contributed by atoms with E-state index in [4.69, 9.17) is 0 Å². The monoisotopic (exact) mass is 369 g/mol. The van der Waals surface area contributed by atoms with Gasteiger partial charge in [0.05, 0.1) is 6.54 Å². The third-order valence-electron chi connectivity index (χ3n) is 3.72. The van der Waals surface area contributed by atoms with E-state index in [9.17, 15) is 13.6 Å². The van der Waals surface area contributed by atoms with Crippen molar-refractivity contribution >= 4 is 17.7 Å². The SMILES string of the molecule is O=C(/C=C\c1ccccc1OC(F)F)Nc1ccccc1Cn1cccn1. The Hall–Kier alpha value is -3.48. The van der Waals surface area contributed by atoms with Crippen molar-refractivity contribution in [3.05, 3.63) is 84.2 Å². The van der Waals surface area contributed by atoms with E-state index in [2.05, 4.69) is 15.2 Å². The van der Waals surface area contributed by atoms with Crippen molar-refractivity contribution in [2.45, 2.75) is 13.2 Å². The lowest BCUT2D eigenvalue weighted by Gasteiger charge is -2.10. The number of ether oxygens (including phenoxy) is 1. The van der Waals surface area contributed by atoms with E-state index in [1.165, 1.54) is 18.2 Å². The molecular formula is C20H17F2N3O2. The summed E-state index contributed by atoms with van der Waals surface area (Å²) in [4.78, 5) is 12.3. The third kappa shape index (κ3) is 5.24. The molecule has 0 aliphatic heterocycles. The molecule has 5 nitrogen and oxygen atoms in total. The summed E-state index contributed by atoms with van der Waals surface area (Å²) in [6, 6.07) is 15.5. The summed E-state index contributed by atoms with van der Waals surface area (Å²) in [6.45, 7) is -2.42. The predicted molar refractivity (Wildman–Crippen MR) is 98.5 cm³/mol. The Morgan fingerprint density at radius 1 is 1.15 bits per heavy atom. The first-order valence-electron chi connectivity index (χ1n) is 8.20. The van der Waals surface area contributed by atoms with E-state index < -0.39 is 6.61 Å². The minimum Gasteiger partial charge on any atom is -0.434 e. The topological polar surface area (TPSA) is 56.1 Å². The van der Waals surface area contributed by atoms with Gasteiger partial charge in [-0.1, -0.05) is 36.4 Å². The van der Waals surface area contributed by atoms with Gasteiger partial charge in [0, 0.05) is 29.7 Å². The van der Waals surface area contributed by atoms with Crippen LogP contribution in [0.3, 0.4) is 0 Å². The molecule has 1 heterocycles. The highest BCUT2D eigenvalue weighted by Gasteiger charge is 2.08. The maximum absolute atomic E-state index is 12.5. The van der Waals surface area contributed by atoms with Crippen molar-refractivity contribution in [2.24, 2.45) is 0 Å². The zero-order valence-electron chi connectivity index (χ0n) is 14.3. The first-order chi connectivity index (χ1) is 13.1. The number of hydrogen-bond donors (Lipinski definition) is 1. The normalized spacial score (nSPS) is 11.1. The summed E-state index contributed by atoms with van der Waals surface area (Å²) in [5.74, 6) is -0.370. The lowest BCUT2D eigenvalue weighted by molar-refractivity contribution is -0.111. The highest BCUT2D eigenvalue weighted by atomic mass is 19.3. The molecule has 27 heavy (non-hydrogen) atoms. The van der Waals surface area contributed by atoms with Crippen LogP contribution in [0.5, 0.6) is 5.75 Å². The summed E-state index contributed by atoms with van der Waals surface area (Å²) in [5.41, 5.74) is 1.93. The van der Waals surface area contributed by atoms with Crippen LogP contribution in [0.2, 0.25) is 0 Å². The molecule has 0 saturated carbocycles. The van der Waals surface area contributed by atoms with Gasteiger partial charge in [0.25, 0.3) is 0 Å². The molecule has 1 aromatic heterocycles. The van der Waals surface area contributed by atoms with Crippen LogP contribution < -0.4 is 10.1 Å². The Balaban J connectivity index is 1.71. The molecule has 0 spiro atoms. The number of carbonyl (C=O) groups is 1.